The molecule has 0 bridgehead atoms. The molecule has 2 amide bonds. The van der Waals surface area contributed by atoms with Crippen LogP contribution in [0, 0.1) is 21.6 Å². The summed E-state index contributed by atoms with van der Waals surface area (Å²) in [7, 11) is 0. The molecule has 242 valence electrons. The molecular weight excluding hydrogens is 556 g/mol. The lowest BCUT2D eigenvalue weighted by Crippen LogP contribution is -2.29. The minimum atomic E-state index is -1.10. The van der Waals surface area contributed by atoms with Crippen LogP contribution >= 0.6 is 0 Å². The summed E-state index contributed by atoms with van der Waals surface area (Å²) in [5.74, 6) is -3.79. The molecule has 42 heavy (non-hydrogen) atoms. The zero-order chi connectivity index (χ0) is 33.1. The lowest BCUT2D eigenvalue weighted by Gasteiger charge is -2.06. The molecule has 0 rings (SSSR count). The van der Waals surface area contributed by atoms with Gasteiger partial charge < -0.3 is 52.1 Å². The number of hydrogen-bond acceptors (Lipinski definition) is 14. The molecule has 0 spiro atoms. The van der Waals surface area contributed by atoms with Crippen molar-refractivity contribution in [1.29, 1.82) is 21.6 Å². The predicted molar refractivity (Wildman–Crippen MR) is 157 cm³/mol. The van der Waals surface area contributed by atoms with Gasteiger partial charge in [-0.25, -0.2) is 0 Å². The summed E-state index contributed by atoms with van der Waals surface area (Å²) in [5, 5.41) is 28.6. The van der Waals surface area contributed by atoms with Gasteiger partial charge in [0.2, 0.25) is 0 Å². The molecule has 16 heteroatoms. The largest absolute Gasteiger partial charge is 0.462 e. The Kier molecular flexibility index (Phi) is 26.7. The maximum atomic E-state index is 11.1. The van der Waals surface area contributed by atoms with Gasteiger partial charge in [-0.15, -0.1) is 0 Å². The van der Waals surface area contributed by atoms with E-state index in [0.717, 1.165) is 0 Å². The first kappa shape index (κ1) is 42.0. The molecule has 0 aliphatic carbocycles. The zero-order valence-electron chi connectivity index (χ0n) is 24.7. The van der Waals surface area contributed by atoms with Crippen LogP contribution in [0.25, 0.3) is 0 Å². The summed E-state index contributed by atoms with van der Waals surface area (Å²) < 4.78 is 19.3. The van der Waals surface area contributed by atoms with Gasteiger partial charge in [-0.2, -0.15) is 0 Å². The van der Waals surface area contributed by atoms with Crippen molar-refractivity contribution in [3.05, 3.63) is 0 Å². The summed E-state index contributed by atoms with van der Waals surface area (Å²) in [6.45, 7) is 6.63. The Morgan fingerprint density at radius 1 is 0.429 bits per heavy atom. The standard InChI is InChI=1S/2C12H20N2O4.C2H4N2O2.2H2/c2*1-9(13)3-5-11(15)17-7-8-18-12(16)6-4-10(2)14;3-1(5)2(4)6;;/h2*13-14H,3-8H2,1-2H3;(H2,3,5)(H2,4,6);2*1H. The fourth-order valence-electron chi connectivity index (χ4n) is 2.07. The highest BCUT2D eigenvalue weighted by Gasteiger charge is 2.07. The number of nitrogens with one attached hydrogen (secondary N) is 4. The number of rotatable bonds is 18. The van der Waals surface area contributed by atoms with E-state index in [4.69, 9.17) is 40.6 Å². The third-order valence-electron chi connectivity index (χ3n) is 4.28. The summed E-state index contributed by atoms with van der Waals surface area (Å²) in [6.07, 6.45) is 2.25. The van der Waals surface area contributed by atoms with Crippen molar-refractivity contribution < 1.29 is 50.6 Å². The number of carbonyl (C=O) groups excluding carboxylic acids is 6. The van der Waals surface area contributed by atoms with E-state index in [9.17, 15) is 28.8 Å². The van der Waals surface area contributed by atoms with Gasteiger partial charge in [-0.05, 0) is 53.4 Å². The van der Waals surface area contributed by atoms with Crippen molar-refractivity contribution in [2.75, 3.05) is 26.4 Å². The smallest absolute Gasteiger partial charge is 0.306 e. The molecular formula is C26H48N6O10. The summed E-state index contributed by atoms with van der Waals surface area (Å²) in [5.41, 5.74) is 10.4. The second-order valence-corrected chi connectivity index (χ2v) is 8.73. The molecule has 0 atom stereocenters. The Morgan fingerprint density at radius 3 is 0.714 bits per heavy atom. The number of carbonyl (C=O) groups is 6. The number of hydrogen-bond donors (Lipinski definition) is 6. The molecule has 0 radical (unpaired) electrons. The van der Waals surface area contributed by atoms with Gasteiger partial charge in [0.05, 0.1) is 25.7 Å². The first-order valence-electron chi connectivity index (χ1n) is 12.9. The highest BCUT2D eigenvalue weighted by Crippen LogP contribution is 1.98. The molecule has 0 saturated carbocycles. The minimum absolute atomic E-state index is 0. The fraction of sp³-hybridized carbons (Fsp3) is 0.615. The fourth-order valence-corrected chi connectivity index (χ4v) is 2.07. The SMILES string of the molecule is CC(=N)CCC(=O)OCCOC(=O)CCC(C)=N.CC(=N)CCC(=O)OCCOC(=O)CCC(C)=N.NC(=O)C(N)=O.[HH].[HH]. The van der Waals surface area contributed by atoms with Crippen molar-refractivity contribution in [2.24, 2.45) is 11.5 Å². The lowest BCUT2D eigenvalue weighted by atomic mass is 10.2. The van der Waals surface area contributed by atoms with Gasteiger partial charge in [-0.3, -0.25) is 28.8 Å². The van der Waals surface area contributed by atoms with E-state index < -0.39 is 35.7 Å². The highest BCUT2D eigenvalue weighted by atomic mass is 16.6. The number of primary amides is 2. The van der Waals surface area contributed by atoms with Crippen LogP contribution in [0.4, 0.5) is 0 Å². The van der Waals surface area contributed by atoms with Crippen LogP contribution in [-0.4, -0.2) is 85.0 Å². The van der Waals surface area contributed by atoms with Crippen molar-refractivity contribution in [3.63, 3.8) is 0 Å². The highest BCUT2D eigenvalue weighted by molar-refractivity contribution is 6.33. The maximum absolute atomic E-state index is 11.1. The molecule has 0 aliphatic rings. The molecule has 0 aromatic rings. The maximum Gasteiger partial charge on any atom is 0.306 e. The summed E-state index contributed by atoms with van der Waals surface area (Å²) >= 11 is 0. The van der Waals surface area contributed by atoms with Crippen LogP contribution in [0.1, 0.15) is 81.9 Å². The lowest BCUT2D eigenvalue weighted by molar-refractivity contribution is -0.152. The molecule has 0 unspecified atom stereocenters. The van der Waals surface area contributed by atoms with Crippen molar-refractivity contribution >= 4 is 58.5 Å². The first-order valence-corrected chi connectivity index (χ1v) is 12.9. The minimum Gasteiger partial charge on any atom is -0.462 e. The summed E-state index contributed by atoms with van der Waals surface area (Å²) in [6, 6.07) is 0. The van der Waals surface area contributed by atoms with E-state index in [1.807, 2.05) is 0 Å². The van der Waals surface area contributed by atoms with Crippen LogP contribution in [-0.2, 0) is 47.7 Å². The summed E-state index contributed by atoms with van der Waals surface area (Å²) in [4.78, 5) is 63.4. The van der Waals surface area contributed by atoms with Crippen molar-refractivity contribution in [1.82, 2.24) is 0 Å². The van der Waals surface area contributed by atoms with Crippen LogP contribution in [0.15, 0.2) is 0 Å². The number of ether oxygens (including phenoxy) is 4. The van der Waals surface area contributed by atoms with E-state index in [0.29, 0.717) is 48.5 Å². The van der Waals surface area contributed by atoms with Crippen molar-refractivity contribution in [2.45, 2.75) is 79.1 Å². The van der Waals surface area contributed by atoms with Crippen LogP contribution in [0.3, 0.4) is 0 Å². The Balaban J connectivity index is -0.000000187. The van der Waals surface area contributed by atoms with Crippen molar-refractivity contribution in [3.8, 4) is 0 Å². The normalized spacial score (nSPS) is 9.33. The van der Waals surface area contributed by atoms with Crippen LogP contribution in [0.2, 0.25) is 0 Å². The molecule has 16 nitrogen and oxygen atoms in total. The molecule has 0 aromatic heterocycles. The zero-order valence-corrected chi connectivity index (χ0v) is 24.7. The van der Waals surface area contributed by atoms with E-state index >= 15 is 0 Å². The van der Waals surface area contributed by atoms with E-state index in [1.165, 1.54) is 0 Å². The first-order chi connectivity index (χ1) is 19.5. The molecule has 0 aliphatic heterocycles. The van der Waals surface area contributed by atoms with Crippen LogP contribution in [0.5, 0.6) is 0 Å². The molecule has 0 saturated heterocycles. The number of esters is 4. The molecule has 8 N–H and O–H groups in total. The van der Waals surface area contributed by atoms with Gasteiger partial charge in [0.25, 0.3) is 0 Å². The Morgan fingerprint density at radius 2 is 0.595 bits per heavy atom. The van der Waals surface area contributed by atoms with E-state index in [1.54, 1.807) is 27.7 Å². The third kappa shape index (κ3) is 37.7. The van der Waals surface area contributed by atoms with E-state index in [-0.39, 0.29) is 55.0 Å². The Hall–Kier alpha value is -4.50. The topological polar surface area (TPSA) is 287 Å². The third-order valence-corrected chi connectivity index (χ3v) is 4.28. The Bertz CT molecular complexity index is 837. The average Bonchev–Trinajstić information content (AvgIpc) is 2.89. The van der Waals surface area contributed by atoms with Gasteiger partial charge in [0.1, 0.15) is 26.4 Å². The predicted octanol–water partition coefficient (Wildman–Crippen LogP) is 1.87. The van der Waals surface area contributed by atoms with Gasteiger partial charge in [0, 0.05) is 25.7 Å². The van der Waals surface area contributed by atoms with Gasteiger partial charge in [0.15, 0.2) is 0 Å². The number of nitrogens with two attached hydrogens (primary N) is 2. The second-order valence-electron chi connectivity index (χ2n) is 8.73. The monoisotopic (exact) mass is 604 g/mol. The quantitative estimate of drug-likeness (QED) is 0.0434. The second kappa shape index (κ2) is 26.7. The number of amides is 2. The van der Waals surface area contributed by atoms with Gasteiger partial charge >= 0.3 is 35.7 Å². The van der Waals surface area contributed by atoms with Crippen LogP contribution < -0.4 is 11.5 Å². The van der Waals surface area contributed by atoms with E-state index in [2.05, 4.69) is 11.5 Å². The molecule has 0 fully saturated rings. The molecule has 0 heterocycles. The van der Waals surface area contributed by atoms with Gasteiger partial charge in [-0.1, -0.05) is 0 Å². The molecule has 0 aromatic carbocycles. The Labute approximate surface area is 248 Å². The average molecular weight is 605 g/mol.